The highest BCUT2D eigenvalue weighted by Crippen LogP contribution is 2.47. The lowest BCUT2D eigenvalue weighted by atomic mass is 9.97. The molecule has 1 saturated carbocycles. The summed E-state index contributed by atoms with van der Waals surface area (Å²) in [5.74, 6) is 0.540. The van der Waals surface area contributed by atoms with Crippen LogP contribution in [0, 0.1) is 19.8 Å². The number of nitrogens with zero attached hydrogens (tertiary/aromatic N) is 1. The number of piperidine rings is 1. The first-order valence-electron chi connectivity index (χ1n) is 11.7. The van der Waals surface area contributed by atoms with E-state index < -0.39 is 15.8 Å². The number of aryl methyl sites for hydroxylation is 2. The second kappa shape index (κ2) is 8.33. The molecule has 1 amide bonds. The van der Waals surface area contributed by atoms with E-state index in [2.05, 4.69) is 5.32 Å². The van der Waals surface area contributed by atoms with Crippen LogP contribution in [0.4, 0.5) is 5.69 Å². The highest BCUT2D eigenvalue weighted by molar-refractivity contribution is 7.89. The summed E-state index contributed by atoms with van der Waals surface area (Å²) in [6, 6.07) is 10.7. The van der Waals surface area contributed by atoms with Crippen molar-refractivity contribution in [2.75, 3.05) is 18.4 Å². The number of rotatable bonds is 4. The van der Waals surface area contributed by atoms with Crippen LogP contribution in [-0.4, -0.2) is 37.5 Å². The number of hydrogen-bond acceptors (Lipinski definition) is 5. The maximum absolute atomic E-state index is 13.0. The molecule has 176 valence electrons. The van der Waals surface area contributed by atoms with Crippen LogP contribution in [0.3, 0.4) is 0 Å². The molecule has 0 atom stereocenters. The van der Waals surface area contributed by atoms with Gasteiger partial charge in [0.1, 0.15) is 0 Å². The van der Waals surface area contributed by atoms with Gasteiger partial charge in [-0.1, -0.05) is 6.07 Å². The fraction of sp³-hybridized carbons (Fsp3) is 0.480. The van der Waals surface area contributed by atoms with E-state index in [1.54, 1.807) is 12.1 Å². The highest BCUT2D eigenvalue weighted by Gasteiger charge is 2.44. The molecule has 2 aromatic carbocycles. The molecular formula is C25H30N2O5S. The van der Waals surface area contributed by atoms with Crippen molar-refractivity contribution in [2.24, 2.45) is 5.92 Å². The Morgan fingerprint density at radius 1 is 0.970 bits per heavy atom. The Morgan fingerprint density at radius 2 is 1.67 bits per heavy atom. The number of fused-ring (bicyclic) bond motifs is 1. The first-order chi connectivity index (χ1) is 15.8. The summed E-state index contributed by atoms with van der Waals surface area (Å²) in [6.45, 7) is 4.53. The summed E-state index contributed by atoms with van der Waals surface area (Å²) in [6.07, 6.45) is 4.93. The Bertz CT molecular complexity index is 1180. The zero-order valence-electron chi connectivity index (χ0n) is 19.1. The van der Waals surface area contributed by atoms with Crippen molar-refractivity contribution >= 4 is 21.6 Å². The van der Waals surface area contributed by atoms with Gasteiger partial charge in [0.25, 0.3) is 5.79 Å². The molecule has 0 unspecified atom stereocenters. The molecule has 2 aliphatic heterocycles. The van der Waals surface area contributed by atoms with Gasteiger partial charge in [-0.2, -0.15) is 4.31 Å². The van der Waals surface area contributed by atoms with Gasteiger partial charge in [-0.3, -0.25) is 4.79 Å². The van der Waals surface area contributed by atoms with E-state index in [0.717, 1.165) is 42.6 Å². The minimum Gasteiger partial charge on any atom is -0.448 e. The Kier molecular flexibility index (Phi) is 5.61. The second-order valence-corrected chi connectivity index (χ2v) is 11.3. The average Bonchev–Trinajstić information content (AvgIpc) is 3.40. The fourth-order valence-electron chi connectivity index (χ4n) is 4.92. The van der Waals surface area contributed by atoms with Crippen LogP contribution < -0.4 is 14.8 Å². The van der Waals surface area contributed by atoms with Crippen LogP contribution >= 0.6 is 0 Å². The fourth-order valence-corrected chi connectivity index (χ4v) is 6.47. The smallest absolute Gasteiger partial charge is 0.251 e. The predicted octanol–water partition coefficient (Wildman–Crippen LogP) is 4.38. The van der Waals surface area contributed by atoms with Crippen LogP contribution in [0.15, 0.2) is 41.3 Å². The molecule has 2 aromatic rings. The standard InChI is InChI=1S/C25H30N2O5S/c1-17-5-7-21(15-18(17)2)33(29,30)27-13-9-19(10-14-27)24(28)26-20-6-8-22-23(16-20)32-25(31-22)11-3-4-12-25/h5-8,15-16,19H,3-4,9-14H2,1-2H3,(H,26,28). The molecule has 7 nitrogen and oxygen atoms in total. The summed E-state index contributed by atoms with van der Waals surface area (Å²) in [5, 5.41) is 2.98. The van der Waals surface area contributed by atoms with E-state index in [1.165, 1.54) is 4.31 Å². The van der Waals surface area contributed by atoms with Gasteiger partial charge in [0.15, 0.2) is 11.5 Å². The Labute approximate surface area is 195 Å². The Morgan fingerprint density at radius 3 is 2.36 bits per heavy atom. The monoisotopic (exact) mass is 470 g/mol. The van der Waals surface area contributed by atoms with Gasteiger partial charge >= 0.3 is 0 Å². The van der Waals surface area contributed by atoms with Crippen LogP contribution in [0.25, 0.3) is 0 Å². The highest BCUT2D eigenvalue weighted by atomic mass is 32.2. The van der Waals surface area contributed by atoms with Crippen molar-refractivity contribution < 1.29 is 22.7 Å². The van der Waals surface area contributed by atoms with Gasteiger partial charge in [0.05, 0.1) is 4.90 Å². The molecule has 1 aliphatic carbocycles. The zero-order chi connectivity index (χ0) is 23.2. The number of benzene rings is 2. The first kappa shape index (κ1) is 22.2. The van der Waals surface area contributed by atoms with Crippen molar-refractivity contribution in [3.63, 3.8) is 0 Å². The molecular weight excluding hydrogens is 440 g/mol. The number of carbonyl (C=O) groups is 1. The largest absolute Gasteiger partial charge is 0.448 e. The third-order valence-electron chi connectivity index (χ3n) is 7.11. The van der Waals surface area contributed by atoms with Crippen LogP contribution in [0.5, 0.6) is 11.5 Å². The Balaban J connectivity index is 1.20. The third kappa shape index (κ3) is 4.22. The van der Waals surface area contributed by atoms with Gasteiger partial charge in [0.2, 0.25) is 15.9 Å². The summed E-state index contributed by atoms with van der Waals surface area (Å²) in [4.78, 5) is 13.2. The van der Waals surface area contributed by atoms with Gasteiger partial charge in [0, 0.05) is 43.6 Å². The SMILES string of the molecule is Cc1ccc(S(=O)(=O)N2CCC(C(=O)Nc3ccc4c(c3)OC3(CCCC3)O4)CC2)cc1C. The van der Waals surface area contributed by atoms with E-state index in [1.807, 2.05) is 38.1 Å². The number of carbonyl (C=O) groups excluding carboxylic acids is 1. The first-order valence-corrected chi connectivity index (χ1v) is 13.1. The van der Waals surface area contributed by atoms with Crippen molar-refractivity contribution in [2.45, 2.75) is 63.1 Å². The maximum Gasteiger partial charge on any atom is 0.251 e. The topological polar surface area (TPSA) is 84.9 Å². The van der Waals surface area contributed by atoms with E-state index in [0.29, 0.717) is 42.3 Å². The molecule has 2 fully saturated rings. The molecule has 33 heavy (non-hydrogen) atoms. The van der Waals surface area contributed by atoms with Gasteiger partial charge in [-0.05, 0) is 74.9 Å². The minimum atomic E-state index is -3.56. The molecule has 3 aliphatic rings. The van der Waals surface area contributed by atoms with E-state index in [-0.39, 0.29) is 11.8 Å². The molecule has 5 rings (SSSR count). The summed E-state index contributed by atoms with van der Waals surface area (Å²) < 4.78 is 39.7. The average molecular weight is 471 g/mol. The molecule has 0 radical (unpaired) electrons. The third-order valence-corrected chi connectivity index (χ3v) is 9.00. The molecule has 8 heteroatoms. The predicted molar refractivity (Wildman–Crippen MR) is 125 cm³/mol. The van der Waals surface area contributed by atoms with E-state index in [4.69, 9.17) is 9.47 Å². The quantitative estimate of drug-likeness (QED) is 0.717. The van der Waals surface area contributed by atoms with Crippen LogP contribution in [-0.2, 0) is 14.8 Å². The summed E-state index contributed by atoms with van der Waals surface area (Å²) in [7, 11) is -3.56. The van der Waals surface area contributed by atoms with Crippen molar-refractivity contribution in [3.05, 3.63) is 47.5 Å². The molecule has 1 spiro atoms. The number of nitrogens with one attached hydrogen (secondary N) is 1. The van der Waals surface area contributed by atoms with Crippen LogP contribution in [0.2, 0.25) is 0 Å². The lowest BCUT2D eigenvalue weighted by Gasteiger charge is -2.30. The Hall–Kier alpha value is -2.58. The van der Waals surface area contributed by atoms with Gasteiger partial charge < -0.3 is 14.8 Å². The molecule has 0 aromatic heterocycles. The lowest BCUT2D eigenvalue weighted by molar-refractivity contribution is -0.120. The van der Waals surface area contributed by atoms with Crippen molar-refractivity contribution in [1.29, 1.82) is 0 Å². The summed E-state index contributed by atoms with van der Waals surface area (Å²) in [5.41, 5.74) is 2.68. The van der Waals surface area contributed by atoms with Crippen molar-refractivity contribution in [3.8, 4) is 11.5 Å². The molecule has 1 saturated heterocycles. The number of hydrogen-bond donors (Lipinski definition) is 1. The molecule has 1 N–H and O–H groups in total. The van der Waals surface area contributed by atoms with E-state index >= 15 is 0 Å². The number of ether oxygens (including phenoxy) is 2. The minimum absolute atomic E-state index is 0.0901. The van der Waals surface area contributed by atoms with Crippen molar-refractivity contribution in [1.82, 2.24) is 4.31 Å². The molecule has 0 bridgehead atoms. The van der Waals surface area contributed by atoms with Gasteiger partial charge in [-0.15, -0.1) is 0 Å². The number of sulfonamides is 1. The number of anilines is 1. The van der Waals surface area contributed by atoms with Crippen LogP contribution in [0.1, 0.15) is 49.7 Å². The van der Waals surface area contributed by atoms with E-state index in [9.17, 15) is 13.2 Å². The normalized spacial score (nSPS) is 20.3. The lowest BCUT2D eigenvalue weighted by Crippen LogP contribution is -2.41. The summed E-state index contributed by atoms with van der Waals surface area (Å²) >= 11 is 0. The second-order valence-electron chi connectivity index (χ2n) is 9.40. The molecule has 2 heterocycles. The van der Waals surface area contributed by atoms with Gasteiger partial charge in [-0.25, -0.2) is 8.42 Å². The zero-order valence-corrected chi connectivity index (χ0v) is 19.9. The maximum atomic E-state index is 13.0. The number of amides is 1.